The lowest BCUT2D eigenvalue weighted by atomic mass is 10.1. The molecule has 0 spiro atoms. The Morgan fingerprint density at radius 2 is 1.86 bits per heavy atom. The van der Waals surface area contributed by atoms with Crippen molar-refractivity contribution in [1.82, 2.24) is 20.5 Å². The number of hydrogen-bond acceptors (Lipinski definition) is 5. The van der Waals surface area contributed by atoms with E-state index in [9.17, 15) is 0 Å². The summed E-state index contributed by atoms with van der Waals surface area (Å²) in [7, 11) is 3.97. The number of likely N-dealkylation sites (N-methyl/N-ethyl adjacent to an activating group) is 1. The van der Waals surface area contributed by atoms with E-state index in [0.717, 1.165) is 56.7 Å². The molecule has 2 heterocycles. The highest BCUT2D eigenvalue weighted by Gasteiger charge is 2.15. The van der Waals surface area contributed by atoms with Crippen molar-refractivity contribution in [3.63, 3.8) is 0 Å². The second-order valence-corrected chi connectivity index (χ2v) is 8.15. The van der Waals surface area contributed by atoms with Crippen molar-refractivity contribution in [2.45, 2.75) is 51.2 Å². The van der Waals surface area contributed by atoms with Crippen LogP contribution in [-0.2, 0) is 11.3 Å². The van der Waals surface area contributed by atoms with Gasteiger partial charge in [0.25, 0.3) is 0 Å². The fraction of sp³-hybridized carbons (Fsp3) is 0.727. The Labute approximate surface area is 175 Å². The van der Waals surface area contributed by atoms with Crippen molar-refractivity contribution in [2.24, 2.45) is 4.99 Å². The Morgan fingerprint density at radius 1 is 1.10 bits per heavy atom. The van der Waals surface area contributed by atoms with Crippen LogP contribution in [0.3, 0.4) is 0 Å². The molecule has 1 aliphatic carbocycles. The van der Waals surface area contributed by atoms with Gasteiger partial charge in [-0.2, -0.15) is 0 Å². The molecule has 0 aromatic carbocycles. The number of pyridine rings is 1. The number of nitrogens with one attached hydrogen (secondary N) is 2. The first kappa shape index (κ1) is 21.8. The molecule has 7 heteroatoms. The maximum absolute atomic E-state index is 6.04. The monoisotopic (exact) mass is 402 g/mol. The van der Waals surface area contributed by atoms with Gasteiger partial charge in [-0.05, 0) is 31.5 Å². The summed E-state index contributed by atoms with van der Waals surface area (Å²) in [6.45, 7) is 6.48. The standard InChI is InChI=1S/C22H38N6O/c1-23-22(24-11-16-29-20-7-5-3-4-6-8-20)26-18-19-9-10-21(25-17-19)28-14-12-27(2)13-15-28/h9-10,17,20H,3-8,11-16,18H2,1-2H3,(H2,23,24,26). The van der Waals surface area contributed by atoms with Crippen LogP contribution in [0.2, 0.25) is 0 Å². The van der Waals surface area contributed by atoms with E-state index in [0.29, 0.717) is 12.6 Å². The molecule has 1 aromatic rings. The number of rotatable bonds is 7. The second-order valence-electron chi connectivity index (χ2n) is 8.15. The van der Waals surface area contributed by atoms with Crippen LogP contribution in [0.5, 0.6) is 0 Å². The van der Waals surface area contributed by atoms with E-state index >= 15 is 0 Å². The highest BCUT2D eigenvalue weighted by Crippen LogP contribution is 2.19. The van der Waals surface area contributed by atoms with Gasteiger partial charge in [0.15, 0.2) is 5.96 Å². The first-order valence-electron chi connectivity index (χ1n) is 11.2. The molecule has 1 aliphatic heterocycles. The molecule has 2 N–H and O–H groups in total. The predicted molar refractivity (Wildman–Crippen MR) is 120 cm³/mol. The average molecular weight is 403 g/mol. The van der Waals surface area contributed by atoms with Gasteiger partial charge in [0.05, 0.1) is 12.7 Å². The summed E-state index contributed by atoms with van der Waals surface area (Å²) in [5, 5.41) is 6.70. The van der Waals surface area contributed by atoms with Gasteiger partial charge in [0.1, 0.15) is 5.82 Å². The number of guanidine groups is 1. The van der Waals surface area contributed by atoms with E-state index in [4.69, 9.17) is 4.74 Å². The zero-order valence-electron chi connectivity index (χ0n) is 18.2. The highest BCUT2D eigenvalue weighted by molar-refractivity contribution is 5.79. The third-order valence-corrected chi connectivity index (χ3v) is 5.87. The minimum absolute atomic E-state index is 0.444. The molecular weight excluding hydrogens is 364 g/mol. The molecule has 0 amide bonds. The van der Waals surface area contributed by atoms with E-state index in [1.807, 2.05) is 6.20 Å². The lowest BCUT2D eigenvalue weighted by Gasteiger charge is -2.33. The largest absolute Gasteiger partial charge is 0.376 e. The van der Waals surface area contributed by atoms with Crippen LogP contribution in [0.4, 0.5) is 5.82 Å². The minimum atomic E-state index is 0.444. The molecule has 162 valence electrons. The molecule has 2 fully saturated rings. The highest BCUT2D eigenvalue weighted by atomic mass is 16.5. The molecule has 1 aromatic heterocycles. The van der Waals surface area contributed by atoms with Crippen LogP contribution in [-0.4, -0.2) is 75.4 Å². The third kappa shape index (κ3) is 7.48. The Bertz CT molecular complexity index is 604. The van der Waals surface area contributed by atoms with Gasteiger partial charge in [-0.25, -0.2) is 4.98 Å². The summed E-state index contributed by atoms with van der Waals surface area (Å²) in [4.78, 5) is 13.7. The van der Waals surface area contributed by atoms with Crippen LogP contribution in [0, 0.1) is 0 Å². The number of aromatic nitrogens is 1. The van der Waals surface area contributed by atoms with Crippen LogP contribution >= 0.6 is 0 Å². The molecule has 3 rings (SSSR count). The molecule has 29 heavy (non-hydrogen) atoms. The van der Waals surface area contributed by atoms with Crippen LogP contribution in [0.1, 0.15) is 44.1 Å². The Kier molecular flexibility index (Phi) is 9.02. The molecular formula is C22H38N6O. The predicted octanol–water partition coefficient (Wildman–Crippen LogP) is 2.24. The summed E-state index contributed by atoms with van der Waals surface area (Å²) in [6.07, 6.45) is 10.2. The zero-order valence-corrected chi connectivity index (χ0v) is 18.2. The Hall–Kier alpha value is -1.86. The summed E-state index contributed by atoms with van der Waals surface area (Å²) < 4.78 is 6.04. The van der Waals surface area contributed by atoms with E-state index in [1.165, 1.54) is 38.5 Å². The van der Waals surface area contributed by atoms with Crippen molar-refractivity contribution < 1.29 is 4.74 Å². The van der Waals surface area contributed by atoms with Crippen LogP contribution in [0.15, 0.2) is 23.3 Å². The maximum atomic E-state index is 6.04. The first-order valence-corrected chi connectivity index (χ1v) is 11.2. The molecule has 1 saturated carbocycles. The van der Waals surface area contributed by atoms with Gasteiger partial charge >= 0.3 is 0 Å². The van der Waals surface area contributed by atoms with Crippen LogP contribution in [0.25, 0.3) is 0 Å². The fourth-order valence-corrected chi connectivity index (χ4v) is 3.95. The lowest BCUT2D eigenvalue weighted by molar-refractivity contribution is 0.0468. The van der Waals surface area contributed by atoms with Crippen molar-refractivity contribution in [3.05, 3.63) is 23.9 Å². The number of hydrogen-bond donors (Lipinski definition) is 2. The van der Waals surface area contributed by atoms with Crippen LogP contribution < -0.4 is 15.5 Å². The van der Waals surface area contributed by atoms with Crippen molar-refractivity contribution >= 4 is 11.8 Å². The summed E-state index contributed by atoms with van der Waals surface area (Å²) in [6, 6.07) is 4.27. The lowest BCUT2D eigenvalue weighted by Crippen LogP contribution is -2.44. The quantitative estimate of drug-likeness (QED) is 0.316. The molecule has 1 saturated heterocycles. The van der Waals surface area contributed by atoms with E-state index in [-0.39, 0.29) is 0 Å². The Balaban J connectivity index is 1.34. The maximum Gasteiger partial charge on any atom is 0.191 e. The van der Waals surface area contributed by atoms with Crippen molar-refractivity contribution in [2.75, 3.05) is 58.3 Å². The second kappa shape index (κ2) is 12.0. The summed E-state index contributed by atoms with van der Waals surface area (Å²) >= 11 is 0. The van der Waals surface area contributed by atoms with Gasteiger partial charge in [0.2, 0.25) is 0 Å². The van der Waals surface area contributed by atoms with Crippen molar-refractivity contribution in [3.8, 4) is 0 Å². The van der Waals surface area contributed by atoms with Gasteiger partial charge in [0, 0.05) is 52.5 Å². The van der Waals surface area contributed by atoms with E-state index in [1.54, 1.807) is 7.05 Å². The molecule has 0 unspecified atom stereocenters. The normalized spacial score (nSPS) is 19.8. The van der Waals surface area contributed by atoms with E-state index in [2.05, 4.69) is 49.6 Å². The minimum Gasteiger partial charge on any atom is -0.376 e. The van der Waals surface area contributed by atoms with Crippen molar-refractivity contribution in [1.29, 1.82) is 0 Å². The molecule has 7 nitrogen and oxygen atoms in total. The Morgan fingerprint density at radius 3 is 2.52 bits per heavy atom. The SMILES string of the molecule is CN=C(NCCOC1CCCCCC1)NCc1ccc(N2CCN(C)CC2)nc1. The fourth-order valence-electron chi connectivity index (χ4n) is 3.95. The topological polar surface area (TPSA) is 65.0 Å². The van der Waals surface area contributed by atoms with Gasteiger partial charge in [-0.1, -0.05) is 31.7 Å². The zero-order chi connectivity index (χ0) is 20.3. The number of aliphatic imine (C=N–C) groups is 1. The van der Waals surface area contributed by atoms with E-state index < -0.39 is 0 Å². The van der Waals surface area contributed by atoms with Gasteiger partial charge in [-0.3, -0.25) is 4.99 Å². The molecule has 0 bridgehead atoms. The number of anilines is 1. The van der Waals surface area contributed by atoms with Gasteiger partial charge in [-0.15, -0.1) is 0 Å². The third-order valence-electron chi connectivity index (χ3n) is 5.87. The van der Waals surface area contributed by atoms with Gasteiger partial charge < -0.3 is 25.2 Å². The summed E-state index contributed by atoms with van der Waals surface area (Å²) in [5.41, 5.74) is 1.15. The first-order chi connectivity index (χ1) is 14.2. The number of ether oxygens (including phenoxy) is 1. The molecule has 2 aliphatic rings. The average Bonchev–Trinajstić information content (AvgIpc) is 3.03. The number of nitrogens with zero attached hydrogens (tertiary/aromatic N) is 4. The summed E-state index contributed by atoms with van der Waals surface area (Å²) in [5.74, 6) is 1.87. The molecule has 0 radical (unpaired) electrons. The number of piperazine rings is 1. The smallest absolute Gasteiger partial charge is 0.191 e. The molecule has 0 atom stereocenters.